The number of hydrogen-bond donors (Lipinski definition) is 3. The summed E-state index contributed by atoms with van der Waals surface area (Å²) in [5.74, 6) is 0.103. The molecule has 2 amide bonds. The van der Waals surface area contributed by atoms with Crippen LogP contribution in [0.25, 0.3) is 0 Å². The summed E-state index contributed by atoms with van der Waals surface area (Å²) in [6.45, 7) is 0.423. The normalized spacial score (nSPS) is 9.71. The standard InChI is InChI=1S/C11H13ClN2O3/c12-7-8-2-1-3-9(6-8)10(15)13-4-5-14-11(16)17/h1-3,6,14H,4-5,7H2,(H,13,15)(H,16,17). The lowest BCUT2D eigenvalue weighted by Crippen LogP contribution is -2.33. The molecule has 0 unspecified atom stereocenters. The number of benzene rings is 1. The van der Waals surface area contributed by atoms with E-state index in [1.165, 1.54) is 0 Å². The number of carbonyl (C=O) groups is 2. The predicted octanol–water partition coefficient (Wildman–Crippen LogP) is 1.42. The Hall–Kier alpha value is -1.75. The first-order valence-corrected chi connectivity index (χ1v) is 5.57. The third-order valence-electron chi connectivity index (χ3n) is 2.03. The average molecular weight is 257 g/mol. The molecule has 5 nitrogen and oxygen atoms in total. The Kier molecular flexibility index (Phi) is 5.29. The van der Waals surface area contributed by atoms with Gasteiger partial charge in [0.15, 0.2) is 0 Å². The second-order valence-electron chi connectivity index (χ2n) is 3.32. The number of nitrogens with one attached hydrogen (secondary N) is 2. The highest BCUT2D eigenvalue weighted by Crippen LogP contribution is 2.07. The van der Waals surface area contributed by atoms with Crippen LogP contribution in [0.5, 0.6) is 0 Å². The fourth-order valence-corrected chi connectivity index (χ4v) is 1.41. The first-order valence-electron chi connectivity index (χ1n) is 5.03. The van der Waals surface area contributed by atoms with Gasteiger partial charge >= 0.3 is 6.09 Å². The van der Waals surface area contributed by atoms with E-state index < -0.39 is 6.09 Å². The number of hydrogen-bond acceptors (Lipinski definition) is 2. The summed E-state index contributed by atoms with van der Waals surface area (Å²) in [6, 6.07) is 6.96. The van der Waals surface area contributed by atoms with Gasteiger partial charge in [0, 0.05) is 24.5 Å². The van der Waals surface area contributed by atoms with Crippen LogP contribution in [0, 0.1) is 0 Å². The molecule has 0 aromatic heterocycles. The summed E-state index contributed by atoms with van der Waals surface area (Å²) in [5, 5.41) is 13.1. The molecule has 0 bridgehead atoms. The summed E-state index contributed by atoms with van der Waals surface area (Å²) >= 11 is 5.66. The van der Waals surface area contributed by atoms with Crippen molar-refractivity contribution < 1.29 is 14.7 Å². The summed E-state index contributed by atoms with van der Waals surface area (Å²) in [4.78, 5) is 21.8. The lowest BCUT2D eigenvalue weighted by Gasteiger charge is -2.06. The molecule has 1 aromatic rings. The van der Waals surface area contributed by atoms with E-state index in [2.05, 4.69) is 10.6 Å². The van der Waals surface area contributed by atoms with Crippen molar-refractivity contribution in [1.82, 2.24) is 10.6 Å². The zero-order valence-electron chi connectivity index (χ0n) is 9.07. The van der Waals surface area contributed by atoms with E-state index in [-0.39, 0.29) is 19.0 Å². The Morgan fingerprint density at radius 2 is 1.94 bits per heavy atom. The molecule has 0 aliphatic rings. The van der Waals surface area contributed by atoms with Gasteiger partial charge < -0.3 is 15.7 Å². The summed E-state index contributed by atoms with van der Waals surface area (Å²) < 4.78 is 0. The molecular formula is C11H13ClN2O3. The van der Waals surface area contributed by atoms with Crippen LogP contribution < -0.4 is 10.6 Å². The van der Waals surface area contributed by atoms with Gasteiger partial charge in [0.25, 0.3) is 5.91 Å². The number of carboxylic acid groups (broad SMARTS) is 1. The van der Waals surface area contributed by atoms with Crippen molar-refractivity contribution in [3.63, 3.8) is 0 Å². The van der Waals surface area contributed by atoms with Crippen LogP contribution >= 0.6 is 11.6 Å². The van der Waals surface area contributed by atoms with Crippen molar-refractivity contribution in [3.05, 3.63) is 35.4 Å². The van der Waals surface area contributed by atoms with E-state index >= 15 is 0 Å². The molecule has 6 heteroatoms. The minimum Gasteiger partial charge on any atom is -0.465 e. The molecular weight excluding hydrogens is 244 g/mol. The molecule has 0 heterocycles. The molecule has 0 saturated heterocycles. The molecule has 0 saturated carbocycles. The molecule has 0 radical (unpaired) electrons. The van der Waals surface area contributed by atoms with E-state index in [1.807, 2.05) is 6.07 Å². The summed E-state index contributed by atoms with van der Waals surface area (Å²) in [5.41, 5.74) is 1.38. The maximum absolute atomic E-state index is 11.6. The van der Waals surface area contributed by atoms with Gasteiger partial charge in [-0.3, -0.25) is 4.79 Å². The van der Waals surface area contributed by atoms with Crippen LogP contribution in [-0.2, 0) is 5.88 Å². The number of carbonyl (C=O) groups excluding carboxylic acids is 1. The lowest BCUT2D eigenvalue weighted by molar-refractivity contribution is 0.0953. The molecule has 92 valence electrons. The fraction of sp³-hybridized carbons (Fsp3) is 0.273. The van der Waals surface area contributed by atoms with Gasteiger partial charge in [0.1, 0.15) is 0 Å². The van der Waals surface area contributed by atoms with Gasteiger partial charge in [-0.05, 0) is 17.7 Å². The summed E-state index contributed by atoms with van der Waals surface area (Å²) in [7, 11) is 0. The Bertz CT molecular complexity index is 409. The quantitative estimate of drug-likeness (QED) is 0.551. The van der Waals surface area contributed by atoms with Crippen LogP contribution in [0.3, 0.4) is 0 Å². The Labute approximate surface area is 104 Å². The van der Waals surface area contributed by atoms with Crippen LogP contribution in [0.4, 0.5) is 4.79 Å². The third kappa shape index (κ3) is 4.74. The van der Waals surface area contributed by atoms with Gasteiger partial charge in [-0.15, -0.1) is 11.6 Å². The second kappa shape index (κ2) is 6.75. The van der Waals surface area contributed by atoms with E-state index in [0.29, 0.717) is 11.4 Å². The number of rotatable bonds is 5. The first-order chi connectivity index (χ1) is 8.13. The van der Waals surface area contributed by atoms with E-state index in [1.54, 1.807) is 18.2 Å². The van der Waals surface area contributed by atoms with E-state index in [9.17, 15) is 9.59 Å². The molecule has 0 atom stereocenters. The lowest BCUT2D eigenvalue weighted by atomic mass is 10.1. The highest BCUT2D eigenvalue weighted by molar-refractivity contribution is 6.17. The minimum absolute atomic E-state index is 0.177. The summed E-state index contributed by atoms with van der Waals surface area (Å²) in [6.07, 6.45) is -1.11. The van der Waals surface area contributed by atoms with E-state index in [4.69, 9.17) is 16.7 Å². The van der Waals surface area contributed by atoms with Gasteiger partial charge in [-0.1, -0.05) is 12.1 Å². The molecule has 0 fully saturated rings. The highest BCUT2D eigenvalue weighted by atomic mass is 35.5. The highest BCUT2D eigenvalue weighted by Gasteiger charge is 2.05. The van der Waals surface area contributed by atoms with Crippen molar-refractivity contribution in [2.45, 2.75) is 5.88 Å². The monoisotopic (exact) mass is 256 g/mol. The van der Waals surface area contributed by atoms with Crippen molar-refractivity contribution >= 4 is 23.6 Å². The number of halogens is 1. The van der Waals surface area contributed by atoms with Crippen LogP contribution in [0.2, 0.25) is 0 Å². The van der Waals surface area contributed by atoms with Crippen molar-refractivity contribution in [2.75, 3.05) is 13.1 Å². The van der Waals surface area contributed by atoms with Crippen molar-refractivity contribution in [1.29, 1.82) is 0 Å². The van der Waals surface area contributed by atoms with Crippen LogP contribution in [0.1, 0.15) is 15.9 Å². The molecule has 0 aliphatic heterocycles. The Balaban J connectivity index is 2.43. The van der Waals surface area contributed by atoms with Crippen LogP contribution in [0.15, 0.2) is 24.3 Å². The predicted molar refractivity (Wildman–Crippen MR) is 64.4 cm³/mol. The topological polar surface area (TPSA) is 78.4 Å². The largest absolute Gasteiger partial charge is 0.465 e. The maximum atomic E-state index is 11.6. The zero-order valence-corrected chi connectivity index (χ0v) is 9.83. The van der Waals surface area contributed by atoms with Gasteiger partial charge in [-0.25, -0.2) is 4.79 Å². The number of amides is 2. The smallest absolute Gasteiger partial charge is 0.404 e. The van der Waals surface area contributed by atoms with Gasteiger partial charge in [0.05, 0.1) is 0 Å². The Morgan fingerprint density at radius 1 is 1.24 bits per heavy atom. The first kappa shape index (κ1) is 13.3. The second-order valence-corrected chi connectivity index (χ2v) is 3.59. The zero-order chi connectivity index (χ0) is 12.7. The molecule has 0 spiro atoms. The SMILES string of the molecule is O=C(O)NCCNC(=O)c1cccc(CCl)c1. The Morgan fingerprint density at radius 3 is 2.59 bits per heavy atom. The molecule has 1 aromatic carbocycles. The molecule has 3 N–H and O–H groups in total. The van der Waals surface area contributed by atoms with Crippen molar-refractivity contribution in [3.8, 4) is 0 Å². The van der Waals surface area contributed by atoms with Gasteiger partial charge in [0.2, 0.25) is 0 Å². The molecule has 17 heavy (non-hydrogen) atoms. The van der Waals surface area contributed by atoms with E-state index in [0.717, 1.165) is 5.56 Å². The molecule has 1 rings (SSSR count). The molecule has 0 aliphatic carbocycles. The maximum Gasteiger partial charge on any atom is 0.404 e. The fourth-order valence-electron chi connectivity index (χ4n) is 1.24. The van der Waals surface area contributed by atoms with Crippen LogP contribution in [-0.4, -0.2) is 30.2 Å². The number of alkyl halides is 1. The average Bonchev–Trinajstić information content (AvgIpc) is 2.34. The van der Waals surface area contributed by atoms with Crippen molar-refractivity contribution in [2.24, 2.45) is 0 Å². The minimum atomic E-state index is -1.11. The van der Waals surface area contributed by atoms with Gasteiger partial charge in [-0.2, -0.15) is 0 Å². The third-order valence-corrected chi connectivity index (χ3v) is 2.34.